The summed E-state index contributed by atoms with van der Waals surface area (Å²) in [5.41, 5.74) is 0.727. The van der Waals surface area contributed by atoms with Crippen molar-refractivity contribution >= 4 is 16.7 Å². The van der Waals surface area contributed by atoms with Gasteiger partial charge in [0.2, 0.25) is 0 Å². The van der Waals surface area contributed by atoms with Crippen LogP contribution in [0.25, 0.3) is 10.8 Å². The van der Waals surface area contributed by atoms with Crippen LogP contribution in [0.1, 0.15) is 48.9 Å². The topological polar surface area (TPSA) is 29.1 Å². The Morgan fingerprint density at radius 1 is 0.792 bits per heavy atom. The van der Waals surface area contributed by atoms with Crippen molar-refractivity contribution in [1.82, 2.24) is 5.32 Å². The van der Waals surface area contributed by atoms with Crippen molar-refractivity contribution in [2.45, 2.75) is 38.5 Å². The molecule has 1 amide bonds. The zero-order valence-electron chi connectivity index (χ0n) is 14.5. The van der Waals surface area contributed by atoms with Crippen LogP contribution in [0.2, 0.25) is 0 Å². The predicted octanol–water partition coefficient (Wildman–Crippen LogP) is 5.03. The van der Waals surface area contributed by atoms with E-state index in [1.807, 2.05) is 42.5 Å². The van der Waals surface area contributed by atoms with Crippen molar-refractivity contribution in [1.29, 1.82) is 0 Å². The fourth-order valence-electron chi connectivity index (χ4n) is 5.54. The summed E-state index contributed by atoms with van der Waals surface area (Å²) < 4.78 is 0. The maximum Gasteiger partial charge on any atom is 0.251 e. The Balaban J connectivity index is 0.000000127. The molecule has 0 aliphatic heterocycles. The molecule has 2 aromatic carbocycles. The van der Waals surface area contributed by atoms with Crippen LogP contribution < -0.4 is 5.32 Å². The van der Waals surface area contributed by atoms with Crippen molar-refractivity contribution in [3.63, 3.8) is 0 Å². The van der Waals surface area contributed by atoms with E-state index < -0.39 is 0 Å². The number of amides is 1. The van der Waals surface area contributed by atoms with Crippen LogP contribution in [-0.4, -0.2) is 13.0 Å². The first kappa shape index (κ1) is 15.7. The maximum atomic E-state index is 11.5. The van der Waals surface area contributed by atoms with Gasteiger partial charge < -0.3 is 5.32 Å². The largest absolute Gasteiger partial charge is 0.355 e. The number of fused-ring (bicyclic) bond motifs is 1. The summed E-state index contributed by atoms with van der Waals surface area (Å²) in [6.07, 6.45) is 9.62. The average Bonchev–Trinajstić information content (AvgIpc) is 2.60. The molecule has 4 aliphatic carbocycles. The summed E-state index contributed by atoms with van der Waals surface area (Å²) in [5, 5.41) is 4.72. The molecule has 4 bridgehead atoms. The van der Waals surface area contributed by atoms with Gasteiger partial charge in [-0.2, -0.15) is 0 Å². The van der Waals surface area contributed by atoms with E-state index >= 15 is 0 Å². The average molecular weight is 321 g/mol. The molecule has 126 valence electrons. The summed E-state index contributed by atoms with van der Waals surface area (Å²) in [6.45, 7) is 0. The van der Waals surface area contributed by atoms with Crippen molar-refractivity contribution in [3.8, 4) is 0 Å². The lowest BCUT2D eigenvalue weighted by Crippen LogP contribution is -2.38. The summed E-state index contributed by atoms with van der Waals surface area (Å²) in [7, 11) is 1.64. The third-order valence-corrected chi connectivity index (χ3v) is 6.26. The molecule has 0 heterocycles. The van der Waals surface area contributed by atoms with Gasteiger partial charge in [-0.05, 0) is 79.0 Å². The lowest BCUT2D eigenvalue weighted by Gasteiger charge is -2.49. The van der Waals surface area contributed by atoms with Crippen molar-refractivity contribution in [2.24, 2.45) is 23.7 Å². The first-order chi connectivity index (χ1) is 11.7. The number of carbonyl (C=O) groups is 1. The van der Waals surface area contributed by atoms with E-state index in [-0.39, 0.29) is 5.91 Å². The molecule has 2 heteroatoms. The van der Waals surface area contributed by atoms with Crippen LogP contribution in [0.5, 0.6) is 0 Å². The summed E-state index contributed by atoms with van der Waals surface area (Å²) in [4.78, 5) is 11.5. The van der Waals surface area contributed by atoms with E-state index in [2.05, 4.69) is 5.32 Å². The first-order valence-electron chi connectivity index (χ1n) is 9.42. The molecule has 0 spiro atoms. The van der Waals surface area contributed by atoms with Crippen molar-refractivity contribution in [3.05, 3.63) is 48.0 Å². The molecular weight excluding hydrogens is 294 g/mol. The van der Waals surface area contributed by atoms with E-state index in [1.165, 1.54) is 23.7 Å². The van der Waals surface area contributed by atoms with Gasteiger partial charge in [-0.3, -0.25) is 4.79 Å². The van der Waals surface area contributed by atoms with Crippen LogP contribution in [-0.2, 0) is 0 Å². The highest BCUT2D eigenvalue weighted by atomic mass is 16.1. The van der Waals surface area contributed by atoms with Gasteiger partial charge in [-0.1, -0.05) is 36.4 Å². The lowest BCUT2D eigenvalue weighted by atomic mass is 9.56. The predicted molar refractivity (Wildman–Crippen MR) is 99.0 cm³/mol. The molecule has 4 aliphatic rings. The van der Waals surface area contributed by atoms with Crippen molar-refractivity contribution < 1.29 is 4.79 Å². The van der Waals surface area contributed by atoms with Crippen LogP contribution in [0.4, 0.5) is 0 Å². The molecule has 0 radical (unpaired) electrons. The fourth-order valence-corrected chi connectivity index (χ4v) is 5.54. The second-order valence-electron chi connectivity index (χ2n) is 7.98. The molecule has 2 aromatic rings. The molecule has 0 saturated heterocycles. The highest BCUT2D eigenvalue weighted by Crippen LogP contribution is 2.53. The molecule has 4 saturated carbocycles. The van der Waals surface area contributed by atoms with E-state index in [0.717, 1.165) is 16.3 Å². The third kappa shape index (κ3) is 3.07. The van der Waals surface area contributed by atoms with E-state index in [9.17, 15) is 4.79 Å². The third-order valence-electron chi connectivity index (χ3n) is 6.26. The molecule has 2 nitrogen and oxygen atoms in total. The number of rotatable bonds is 1. The fraction of sp³-hybridized carbons (Fsp3) is 0.500. The van der Waals surface area contributed by atoms with Gasteiger partial charge in [0.25, 0.3) is 5.91 Å². The van der Waals surface area contributed by atoms with Crippen molar-refractivity contribution in [2.75, 3.05) is 7.05 Å². The van der Waals surface area contributed by atoms with E-state index in [4.69, 9.17) is 0 Å². The zero-order chi connectivity index (χ0) is 16.5. The molecule has 4 fully saturated rings. The molecule has 0 unspecified atom stereocenters. The van der Waals surface area contributed by atoms with Gasteiger partial charge in [-0.25, -0.2) is 0 Å². The minimum atomic E-state index is -0.0400. The Labute approximate surface area is 144 Å². The SMILES string of the molecule is C1C2CC3CC1CC(C2)C3.CNC(=O)c1cccc2ccccc12. The maximum absolute atomic E-state index is 11.5. The molecule has 0 atom stereocenters. The smallest absolute Gasteiger partial charge is 0.251 e. The zero-order valence-corrected chi connectivity index (χ0v) is 14.5. The molecule has 0 aromatic heterocycles. The number of hydrogen-bond donors (Lipinski definition) is 1. The quantitative estimate of drug-likeness (QED) is 0.784. The second-order valence-corrected chi connectivity index (χ2v) is 7.98. The Hall–Kier alpha value is -1.83. The summed E-state index contributed by atoms with van der Waals surface area (Å²) >= 11 is 0. The van der Waals surface area contributed by atoms with Gasteiger partial charge in [0.05, 0.1) is 0 Å². The number of nitrogens with one attached hydrogen (secondary N) is 1. The Bertz CT molecular complexity index is 674. The second kappa shape index (κ2) is 6.58. The monoisotopic (exact) mass is 321 g/mol. The van der Waals surface area contributed by atoms with Crippen LogP contribution >= 0.6 is 0 Å². The standard InChI is InChI=1S/C12H11NO.C10H16/c1-13-12(14)11-8-4-6-9-5-2-3-7-10(9)11;1-7-2-9-4-8(1)5-10(3-7)6-9/h2-8H,1H3,(H,13,14);7-10H,1-6H2. The van der Waals surface area contributed by atoms with Gasteiger partial charge in [0, 0.05) is 12.6 Å². The highest BCUT2D eigenvalue weighted by Gasteiger charge is 2.41. The van der Waals surface area contributed by atoms with E-state index in [1.54, 1.807) is 45.6 Å². The lowest BCUT2D eigenvalue weighted by molar-refractivity contribution is 0.0198. The van der Waals surface area contributed by atoms with Crippen LogP contribution in [0.3, 0.4) is 0 Å². The molecule has 6 rings (SSSR count). The molecular formula is C22H27NO. The van der Waals surface area contributed by atoms with Crippen LogP contribution in [0, 0.1) is 23.7 Å². The minimum Gasteiger partial charge on any atom is -0.355 e. The Kier molecular flexibility index (Phi) is 4.30. The van der Waals surface area contributed by atoms with Gasteiger partial charge >= 0.3 is 0 Å². The number of carbonyl (C=O) groups excluding carboxylic acids is 1. The summed E-state index contributed by atoms with van der Waals surface area (Å²) in [6, 6.07) is 13.6. The minimum absolute atomic E-state index is 0.0400. The Morgan fingerprint density at radius 3 is 1.83 bits per heavy atom. The molecule has 1 N–H and O–H groups in total. The number of benzene rings is 2. The molecule has 24 heavy (non-hydrogen) atoms. The normalized spacial score (nSPS) is 29.9. The summed E-state index contributed by atoms with van der Waals surface area (Å²) in [5.74, 6) is 4.67. The number of hydrogen-bond acceptors (Lipinski definition) is 1. The Morgan fingerprint density at radius 2 is 1.29 bits per heavy atom. The van der Waals surface area contributed by atoms with Gasteiger partial charge in [0.15, 0.2) is 0 Å². The van der Waals surface area contributed by atoms with Gasteiger partial charge in [0.1, 0.15) is 0 Å². The highest BCUT2D eigenvalue weighted by molar-refractivity contribution is 6.06. The van der Waals surface area contributed by atoms with Crippen LogP contribution in [0.15, 0.2) is 42.5 Å². The van der Waals surface area contributed by atoms with Gasteiger partial charge in [-0.15, -0.1) is 0 Å². The van der Waals surface area contributed by atoms with E-state index in [0.29, 0.717) is 0 Å². The first-order valence-corrected chi connectivity index (χ1v) is 9.42.